The number of hydrogen-bond donors (Lipinski definition) is 0. The number of benzene rings is 1. The highest BCUT2D eigenvalue weighted by atomic mass is 13.8. The van der Waals surface area contributed by atoms with E-state index in [0.717, 1.165) is 6.42 Å². The first-order valence-electron chi connectivity index (χ1n) is 4.88. The molecule has 1 aromatic rings. The normalized spacial score (nSPS) is 7.57. The first-order valence-corrected chi connectivity index (χ1v) is 4.88. The molecule has 74 valence electrons. The van der Waals surface area contributed by atoms with Gasteiger partial charge in [0.15, 0.2) is 0 Å². The molecule has 0 unspecified atom stereocenters. The molecule has 0 radical (unpaired) electrons. The van der Waals surface area contributed by atoms with E-state index in [1.807, 2.05) is 55.5 Å². The van der Waals surface area contributed by atoms with Gasteiger partial charge in [-0.1, -0.05) is 49.9 Å². The third kappa shape index (κ3) is 7.15. The van der Waals surface area contributed by atoms with Crippen LogP contribution in [0.3, 0.4) is 0 Å². The second-order valence-electron chi connectivity index (χ2n) is 2.68. The summed E-state index contributed by atoms with van der Waals surface area (Å²) in [6.45, 7) is 7.69. The van der Waals surface area contributed by atoms with Crippen molar-refractivity contribution in [3.63, 3.8) is 0 Å². The van der Waals surface area contributed by atoms with Crippen molar-refractivity contribution in [1.29, 1.82) is 0 Å². The Balaban J connectivity index is 0.000000255. The van der Waals surface area contributed by atoms with Crippen molar-refractivity contribution >= 4 is 6.08 Å². The third-order valence-electron chi connectivity index (χ3n) is 1.52. The fourth-order valence-electron chi connectivity index (χ4n) is 0.825. The second-order valence-corrected chi connectivity index (χ2v) is 2.68. The van der Waals surface area contributed by atoms with Crippen LogP contribution in [0.5, 0.6) is 0 Å². The zero-order chi connectivity index (χ0) is 10.6. The Kier molecular flexibility index (Phi) is 8.53. The van der Waals surface area contributed by atoms with Gasteiger partial charge in [0.2, 0.25) is 0 Å². The van der Waals surface area contributed by atoms with Gasteiger partial charge in [-0.3, -0.25) is 0 Å². The standard InChI is InChI=1S/C8H8.C6H10/c1-2-8-6-4-3-5-7-8;1-3-5-6-4-2/h2-7H,1H2;3,6H,4H2,1-2H3. The van der Waals surface area contributed by atoms with Crippen molar-refractivity contribution in [3.05, 3.63) is 60.4 Å². The summed E-state index contributed by atoms with van der Waals surface area (Å²) in [5.74, 6) is 0. The molecule has 0 N–H and O–H groups in total. The first-order chi connectivity index (χ1) is 6.85. The lowest BCUT2D eigenvalue weighted by atomic mass is 10.2. The van der Waals surface area contributed by atoms with E-state index in [2.05, 4.69) is 19.2 Å². The van der Waals surface area contributed by atoms with Crippen LogP contribution in [0.4, 0.5) is 0 Å². The van der Waals surface area contributed by atoms with Crippen LogP contribution in [-0.4, -0.2) is 0 Å². The summed E-state index contributed by atoms with van der Waals surface area (Å²) in [5.41, 5.74) is 4.12. The minimum Gasteiger partial charge on any atom is -0.130 e. The van der Waals surface area contributed by atoms with Gasteiger partial charge in [0.1, 0.15) is 0 Å². The zero-order valence-electron chi connectivity index (χ0n) is 9.03. The molecule has 1 rings (SSSR count). The van der Waals surface area contributed by atoms with E-state index in [1.165, 1.54) is 5.56 Å². The summed E-state index contributed by atoms with van der Waals surface area (Å²) >= 11 is 0. The van der Waals surface area contributed by atoms with E-state index in [9.17, 15) is 0 Å². The van der Waals surface area contributed by atoms with E-state index < -0.39 is 0 Å². The lowest BCUT2D eigenvalue weighted by Gasteiger charge is -1.85. The fourth-order valence-corrected chi connectivity index (χ4v) is 0.825. The van der Waals surface area contributed by atoms with Gasteiger partial charge in [0.05, 0.1) is 0 Å². The van der Waals surface area contributed by atoms with Crippen LogP contribution in [0, 0.1) is 0 Å². The van der Waals surface area contributed by atoms with Crippen molar-refractivity contribution in [3.8, 4) is 0 Å². The molecule has 0 saturated carbocycles. The molecule has 0 spiro atoms. The molecule has 0 aliphatic carbocycles. The molecule has 0 aromatic heterocycles. The smallest absolute Gasteiger partial charge is 0.0263 e. The number of allylic oxidation sites excluding steroid dienone is 1. The van der Waals surface area contributed by atoms with Crippen LogP contribution in [0.15, 0.2) is 54.8 Å². The summed E-state index contributed by atoms with van der Waals surface area (Å²) in [6, 6.07) is 10.0. The van der Waals surface area contributed by atoms with Crippen LogP contribution < -0.4 is 0 Å². The molecule has 1 aromatic carbocycles. The quantitative estimate of drug-likeness (QED) is 0.598. The average Bonchev–Trinajstić information content (AvgIpc) is 2.28. The van der Waals surface area contributed by atoms with Crippen LogP contribution in [0.1, 0.15) is 25.8 Å². The van der Waals surface area contributed by atoms with Crippen LogP contribution in [0.25, 0.3) is 6.08 Å². The topological polar surface area (TPSA) is 0 Å². The van der Waals surface area contributed by atoms with Crippen LogP contribution >= 0.6 is 0 Å². The van der Waals surface area contributed by atoms with Crippen LogP contribution in [0.2, 0.25) is 0 Å². The predicted octanol–water partition coefficient (Wildman–Crippen LogP) is 4.46. The SMILES string of the molecule is C=Cc1ccccc1.CC=C=CCC. The number of rotatable bonds is 2. The summed E-state index contributed by atoms with van der Waals surface area (Å²) in [7, 11) is 0. The summed E-state index contributed by atoms with van der Waals surface area (Å²) < 4.78 is 0. The highest BCUT2D eigenvalue weighted by Crippen LogP contribution is 1.97. The van der Waals surface area contributed by atoms with Crippen molar-refractivity contribution in [1.82, 2.24) is 0 Å². The van der Waals surface area contributed by atoms with Crippen molar-refractivity contribution in [2.75, 3.05) is 0 Å². The minimum atomic E-state index is 1.09. The van der Waals surface area contributed by atoms with Gasteiger partial charge in [0, 0.05) is 0 Å². The Hall–Kier alpha value is -1.52. The Morgan fingerprint density at radius 1 is 1.29 bits per heavy atom. The Bertz CT molecular complexity index is 287. The molecule has 0 amide bonds. The maximum atomic E-state index is 3.63. The molecule has 0 heterocycles. The summed E-state index contributed by atoms with van der Waals surface area (Å²) in [5, 5.41) is 0. The zero-order valence-corrected chi connectivity index (χ0v) is 9.03. The highest BCUT2D eigenvalue weighted by Gasteiger charge is 1.75. The van der Waals surface area contributed by atoms with Gasteiger partial charge >= 0.3 is 0 Å². The van der Waals surface area contributed by atoms with E-state index in [0.29, 0.717) is 0 Å². The van der Waals surface area contributed by atoms with Crippen molar-refractivity contribution in [2.24, 2.45) is 0 Å². The van der Waals surface area contributed by atoms with Gasteiger partial charge in [-0.15, -0.1) is 5.73 Å². The maximum absolute atomic E-state index is 3.63. The minimum absolute atomic E-state index is 1.09. The molecule has 0 fully saturated rings. The summed E-state index contributed by atoms with van der Waals surface area (Å²) in [6.07, 6.45) is 6.83. The van der Waals surface area contributed by atoms with Gasteiger partial charge in [0.25, 0.3) is 0 Å². The monoisotopic (exact) mass is 186 g/mol. The summed E-state index contributed by atoms with van der Waals surface area (Å²) in [4.78, 5) is 0. The van der Waals surface area contributed by atoms with Gasteiger partial charge in [-0.05, 0) is 31.1 Å². The van der Waals surface area contributed by atoms with E-state index in [1.54, 1.807) is 0 Å². The molecule has 0 saturated heterocycles. The molecular weight excluding hydrogens is 168 g/mol. The fraction of sp³-hybridized carbons (Fsp3) is 0.214. The Morgan fingerprint density at radius 3 is 2.21 bits per heavy atom. The maximum Gasteiger partial charge on any atom is -0.0263 e. The molecule has 0 atom stereocenters. The van der Waals surface area contributed by atoms with Crippen LogP contribution in [-0.2, 0) is 0 Å². The largest absolute Gasteiger partial charge is 0.130 e. The molecule has 0 aliphatic heterocycles. The molecule has 0 bridgehead atoms. The molecule has 0 nitrogen and oxygen atoms in total. The van der Waals surface area contributed by atoms with Crippen molar-refractivity contribution in [2.45, 2.75) is 20.3 Å². The van der Waals surface area contributed by atoms with E-state index >= 15 is 0 Å². The van der Waals surface area contributed by atoms with Gasteiger partial charge in [-0.2, -0.15) is 0 Å². The van der Waals surface area contributed by atoms with Gasteiger partial charge < -0.3 is 0 Å². The second kappa shape index (κ2) is 9.57. The van der Waals surface area contributed by atoms with Crippen molar-refractivity contribution < 1.29 is 0 Å². The third-order valence-corrected chi connectivity index (χ3v) is 1.52. The molecular formula is C14H18. The molecule has 0 heteroatoms. The lowest BCUT2D eigenvalue weighted by molar-refractivity contribution is 1.23. The Labute approximate surface area is 87.3 Å². The molecule has 14 heavy (non-hydrogen) atoms. The van der Waals surface area contributed by atoms with E-state index in [4.69, 9.17) is 0 Å². The van der Waals surface area contributed by atoms with Gasteiger partial charge in [-0.25, -0.2) is 0 Å². The average molecular weight is 186 g/mol. The Morgan fingerprint density at radius 2 is 1.93 bits per heavy atom. The number of hydrogen-bond acceptors (Lipinski definition) is 0. The van der Waals surface area contributed by atoms with E-state index in [-0.39, 0.29) is 0 Å². The first kappa shape index (κ1) is 12.5. The lowest BCUT2D eigenvalue weighted by Crippen LogP contribution is -1.63. The predicted molar refractivity (Wildman–Crippen MR) is 65.2 cm³/mol. The molecule has 0 aliphatic rings. The highest BCUT2D eigenvalue weighted by molar-refractivity contribution is 5.45.